The van der Waals surface area contributed by atoms with E-state index in [2.05, 4.69) is 40.3 Å². The van der Waals surface area contributed by atoms with E-state index in [-0.39, 0.29) is 16.6 Å². The molecule has 198 valence electrons. The van der Waals surface area contributed by atoms with Gasteiger partial charge in [-0.3, -0.25) is 9.62 Å². The number of carboxylic acid groups (broad SMARTS) is 1. The average Bonchev–Trinajstić information content (AvgIpc) is 2.84. The molecule has 0 bridgehead atoms. The van der Waals surface area contributed by atoms with Crippen molar-refractivity contribution < 1.29 is 27.1 Å². The van der Waals surface area contributed by atoms with Crippen LogP contribution in [0.5, 0.6) is 0 Å². The summed E-state index contributed by atoms with van der Waals surface area (Å²) < 4.78 is 54.4. The van der Waals surface area contributed by atoms with Crippen molar-refractivity contribution in [2.75, 3.05) is 35.8 Å². The normalized spacial score (nSPS) is 15.8. The number of piperazine rings is 1. The molecule has 2 aromatic carbocycles. The van der Waals surface area contributed by atoms with Gasteiger partial charge < -0.3 is 10.0 Å². The average molecular weight is 533 g/mol. The summed E-state index contributed by atoms with van der Waals surface area (Å²) in [5.74, 6) is -2.46. The first kappa shape index (κ1) is 26.7. The van der Waals surface area contributed by atoms with E-state index in [4.69, 9.17) is 0 Å². The number of anilines is 2. The van der Waals surface area contributed by atoms with Crippen molar-refractivity contribution in [1.82, 2.24) is 9.88 Å². The van der Waals surface area contributed by atoms with Gasteiger partial charge in [-0.05, 0) is 61.7 Å². The summed E-state index contributed by atoms with van der Waals surface area (Å²) in [4.78, 5) is 20.8. The number of benzene rings is 2. The van der Waals surface area contributed by atoms with Crippen molar-refractivity contribution in [2.24, 2.45) is 5.92 Å². The predicted molar refractivity (Wildman–Crippen MR) is 139 cm³/mol. The molecule has 2 N–H and O–H groups in total. The zero-order valence-electron chi connectivity index (χ0n) is 20.9. The molecule has 0 spiro atoms. The van der Waals surface area contributed by atoms with Gasteiger partial charge >= 0.3 is 5.97 Å². The number of rotatable bonds is 8. The summed E-state index contributed by atoms with van der Waals surface area (Å²) in [6, 6.07) is 8.59. The molecular weight excluding hydrogens is 502 g/mol. The Morgan fingerprint density at radius 1 is 1.03 bits per heavy atom. The summed E-state index contributed by atoms with van der Waals surface area (Å²) in [5, 5.41) is 10.1. The molecule has 4 rings (SSSR count). The van der Waals surface area contributed by atoms with E-state index in [1.54, 1.807) is 0 Å². The third-order valence-electron chi connectivity index (χ3n) is 6.55. The topological polar surface area (TPSA) is 103 Å². The van der Waals surface area contributed by atoms with Gasteiger partial charge in [0.05, 0.1) is 16.0 Å². The fourth-order valence-corrected chi connectivity index (χ4v) is 5.76. The lowest BCUT2D eigenvalue weighted by molar-refractivity contribution is 0.0699. The number of aromatic nitrogens is 1. The van der Waals surface area contributed by atoms with Crippen LogP contribution in [0.2, 0.25) is 0 Å². The van der Waals surface area contributed by atoms with Crippen molar-refractivity contribution in [3.63, 3.8) is 0 Å². The predicted octanol–water partition coefficient (Wildman–Crippen LogP) is 4.57. The van der Waals surface area contributed by atoms with Gasteiger partial charge in [-0.2, -0.15) is 0 Å². The van der Waals surface area contributed by atoms with Gasteiger partial charge in [0.25, 0.3) is 10.0 Å². The molecule has 1 aliphatic rings. The molecule has 1 saturated heterocycles. The summed E-state index contributed by atoms with van der Waals surface area (Å²) in [7, 11) is -4.24. The van der Waals surface area contributed by atoms with Gasteiger partial charge in [0, 0.05) is 43.3 Å². The highest BCUT2D eigenvalue weighted by atomic mass is 32.2. The second-order valence-electron chi connectivity index (χ2n) is 9.75. The van der Waals surface area contributed by atoms with E-state index in [0.29, 0.717) is 42.5 Å². The van der Waals surface area contributed by atoms with E-state index in [1.807, 2.05) is 0 Å². The molecule has 0 saturated carbocycles. The van der Waals surface area contributed by atoms with Crippen LogP contribution in [0.3, 0.4) is 0 Å². The number of pyridine rings is 1. The van der Waals surface area contributed by atoms with Crippen LogP contribution in [-0.4, -0.2) is 61.6 Å². The fourth-order valence-electron chi connectivity index (χ4n) is 4.70. The molecule has 37 heavy (non-hydrogen) atoms. The number of nitrogens with zero attached hydrogens (tertiary/aromatic N) is 3. The number of hydrogen-bond donors (Lipinski definition) is 2. The molecule has 1 aliphatic heterocycles. The van der Waals surface area contributed by atoms with Gasteiger partial charge in [-0.15, -0.1) is 0 Å². The SMILES string of the molecule is CC(C)C[C@@H](C)N1CCN(c2cc(C(=O)O)c3cc(NS(=O)(=O)c4ccc(F)c(F)c4)ccc3n2)CC1. The molecule has 1 aromatic heterocycles. The van der Waals surface area contributed by atoms with Crippen molar-refractivity contribution >= 4 is 38.4 Å². The van der Waals surface area contributed by atoms with Crippen molar-refractivity contribution in [3.05, 3.63) is 59.7 Å². The van der Waals surface area contributed by atoms with E-state index in [9.17, 15) is 27.1 Å². The van der Waals surface area contributed by atoms with E-state index < -0.39 is 32.5 Å². The molecule has 0 aliphatic carbocycles. The molecule has 0 radical (unpaired) electrons. The van der Waals surface area contributed by atoms with Gasteiger partial charge in [-0.1, -0.05) is 13.8 Å². The highest BCUT2D eigenvalue weighted by Gasteiger charge is 2.24. The monoisotopic (exact) mass is 532 g/mol. The van der Waals surface area contributed by atoms with Crippen LogP contribution in [0.1, 0.15) is 37.6 Å². The number of fused-ring (bicyclic) bond motifs is 1. The Labute approximate surface area is 215 Å². The molecule has 1 fully saturated rings. The number of hydrogen-bond acceptors (Lipinski definition) is 6. The second kappa shape index (κ2) is 10.6. The third-order valence-corrected chi connectivity index (χ3v) is 7.93. The number of carbonyl (C=O) groups is 1. The zero-order chi connectivity index (χ0) is 26.9. The summed E-state index contributed by atoms with van der Waals surface area (Å²) >= 11 is 0. The van der Waals surface area contributed by atoms with E-state index in [1.165, 1.54) is 24.3 Å². The maximum absolute atomic E-state index is 13.6. The minimum Gasteiger partial charge on any atom is -0.478 e. The number of halogens is 2. The standard InChI is InChI=1S/C26H30F2N4O4S/c1-16(2)12-17(3)31-8-10-32(11-9-31)25-15-21(26(33)34)20-13-18(4-7-24(20)29-25)30-37(35,36)19-5-6-22(27)23(28)14-19/h4-7,13-17,30H,8-12H2,1-3H3,(H,33,34)/t17-/m1/s1. The summed E-state index contributed by atoms with van der Waals surface area (Å²) in [6.07, 6.45) is 1.11. The van der Waals surface area contributed by atoms with E-state index in [0.717, 1.165) is 31.6 Å². The molecule has 8 nitrogen and oxygen atoms in total. The van der Waals surface area contributed by atoms with Gasteiger partial charge in [-0.25, -0.2) is 27.0 Å². The minimum atomic E-state index is -4.24. The Morgan fingerprint density at radius 3 is 2.35 bits per heavy atom. The second-order valence-corrected chi connectivity index (χ2v) is 11.4. The van der Waals surface area contributed by atoms with Crippen LogP contribution in [0, 0.1) is 17.6 Å². The number of carboxylic acids is 1. The molecule has 11 heteroatoms. The Balaban J connectivity index is 1.59. The first-order chi connectivity index (χ1) is 17.4. The van der Waals surface area contributed by atoms with Crippen LogP contribution in [0.25, 0.3) is 10.9 Å². The first-order valence-electron chi connectivity index (χ1n) is 12.1. The molecule has 2 heterocycles. The first-order valence-corrected chi connectivity index (χ1v) is 13.6. The third kappa shape index (κ3) is 5.99. The molecular formula is C26H30F2N4O4S. The smallest absolute Gasteiger partial charge is 0.336 e. The lowest BCUT2D eigenvalue weighted by atomic mass is 10.0. The number of aromatic carboxylic acids is 1. The van der Waals surface area contributed by atoms with Crippen LogP contribution in [-0.2, 0) is 10.0 Å². The summed E-state index contributed by atoms with van der Waals surface area (Å²) in [5.41, 5.74) is 0.466. The number of nitrogens with one attached hydrogen (secondary N) is 1. The van der Waals surface area contributed by atoms with Gasteiger partial charge in [0.15, 0.2) is 11.6 Å². The van der Waals surface area contributed by atoms with Crippen molar-refractivity contribution in [1.29, 1.82) is 0 Å². The van der Waals surface area contributed by atoms with Crippen LogP contribution >= 0.6 is 0 Å². The maximum Gasteiger partial charge on any atom is 0.336 e. The summed E-state index contributed by atoms with van der Waals surface area (Å²) in [6.45, 7) is 9.76. The quantitative estimate of drug-likeness (QED) is 0.438. The largest absolute Gasteiger partial charge is 0.478 e. The highest BCUT2D eigenvalue weighted by molar-refractivity contribution is 7.92. The van der Waals surface area contributed by atoms with Gasteiger partial charge in [0.2, 0.25) is 0 Å². The van der Waals surface area contributed by atoms with Crippen LogP contribution < -0.4 is 9.62 Å². The highest BCUT2D eigenvalue weighted by Crippen LogP contribution is 2.28. The van der Waals surface area contributed by atoms with Crippen molar-refractivity contribution in [2.45, 2.75) is 38.1 Å². The van der Waals surface area contributed by atoms with Crippen LogP contribution in [0.4, 0.5) is 20.3 Å². The van der Waals surface area contributed by atoms with Crippen LogP contribution in [0.15, 0.2) is 47.4 Å². The van der Waals surface area contributed by atoms with Crippen molar-refractivity contribution in [3.8, 4) is 0 Å². The Hall–Kier alpha value is -3.31. The van der Waals surface area contributed by atoms with E-state index >= 15 is 0 Å². The van der Waals surface area contributed by atoms with Gasteiger partial charge in [0.1, 0.15) is 5.82 Å². The Bertz CT molecular complexity index is 1420. The molecule has 0 amide bonds. The zero-order valence-corrected chi connectivity index (χ0v) is 21.7. The molecule has 0 unspecified atom stereocenters. The Kier molecular flexibility index (Phi) is 7.65. The maximum atomic E-state index is 13.6. The fraction of sp³-hybridized carbons (Fsp3) is 0.385. The lowest BCUT2D eigenvalue weighted by Gasteiger charge is -2.39. The lowest BCUT2D eigenvalue weighted by Crippen LogP contribution is -2.50. The Morgan fingerprint density at radius 2 is 1.73 bits per heavy atom. The molecule has 1 atom stereocenters. The molecule has 3 aromatic rings. The number of sulfonamides is 1. The minimum absolute atomic E-state index is 0.00974.